The Kier molecular flexibility index (Phi) is 19.4. The van der Waals surface area contributed by atoms with Crippen LogP contribution in [0.15, 0.2) is 0 Å². The molecule has 0 saturated heterocycles. The molecule has 0 aromatic carbocycles. The Hall–Kier alpha value is 3.85. The molecule has 0 aliphatic carbocycles. The van der Waals surface area contributed by atoms with Crippen molar-refractivity contribution in [3.63, 3.8) is 0 Å². The molecule has 0 saturated carbocycles. The van der Waals surface area contributed by atoms with Crippen LogP contribution in [-0.4, -0.2) is 113 Å². The summed E-state index contributed by atoms with van der Waals surface area (Å²) < 4.78 is 9.29. The van der Waals surface area contributed by atoms with Crippen molar-refractivity contribution in [2.24, 2.45) is 0 Å². The molecule has 0 heterocycles. The van der Waals surface area contributed by atoms with Crippen molar-refractivity contribution >= 4 is 119 Å². The molecule has 0 aliphatic rings. The molecular formula is H6K2O3P2. The predicted octanol–water partition coefficient (Wildman–Crippen LogP) is -1.34. The third kappa shape index (κ3) is 40.9. The van der Waals surface area contributed by atoms with Gasteiger partial charge in [-0.3, -0.25) is 4.57 Å². The summed E-state index contributed by atoms with van der Waals surface area (Å²) in [6.45, 7) is 0. The van der Waals surface area contributed by atoms with E-state index >= 15 is 0 Å². The van der Waals surface area contributed by atoms with Crippen LogP contribution in [0.5, 0.6) is 0 Å². The fraction of sp³-hybridized carbons (Fsp3) is 0. The standard InChI is InChI=1S/2K.H4O3P2.2H/c;;1-5(2,3)4;;/h;;4H2,(H2,1,2,3);;. The molecule has 0 rings (SSSR count). The molecule has 0 aliphatic heterocycles. The van der Waals surface area contributed by atoms with E-state index in [1.807, 2.05) is 0 Å². The Bertz CT molecular complexity index is 57.1. The average Bonchev–Trinajstić information content (AvgIpc) is 0.722. The van der Waals surface area contributed by atoms with Crippen LogP contribution in [0.3, 0.4) is 0 Å². The van der Waals surface area contributed by atoms with Crippen molar-refractivity contribution in [2.75, 3.05) is 0 Å². The van der Waals surface area contributed by atoms with Gasteiger partial charge in [0, 0.05) is 0 Å². The van der Waals surface area contributed by atoms with Crippen molar-refractivity contribution in [1.29, 1.82) is 0 Å². The first kappa shape index (κ1) is 17.1. The number of hydrogen-bond acceptors (Lipinski definition) is 1. The van der Waals surface area contributed by atoms with Gasteiger partial charge in [0.15, 0.2) is 0 Å². The molecule has 0 bridgehead atoms. The maximum absolute atomic E-state index is 9.29. The summed E-state index contributed by atoms with van der Waals surface area (Å²) in [5.41, 5.74) is 0. The third-order valence-corrected chi connectivity index (χ3v) is 0. The van der Waals surface area contributed by atoms with Gasteiger partial charge < -0.3 is 9.79 Å². The Labute approximate surface area is 129 Å². The molecular weight excluding hydrogens is 188 g/mol. The summed E-state index contributed by atoms with van der Waals surface area (Å²) in [5, 5.41) is 0. The van der Waals surface area contributed by atoms with Crippen LogP contribution in [0.2, 0.25) is 0 Å². The van der Waals surface area contributed by atoms with Crippen molar-refractivity contribution in [1.82, 2.24) is 0 Å². The summed E-state index contributed by atoms with van der Waals surface area (Å²) in [7, 11) is -2.34. The van der Waals surface area contributed by atoms with Crippen molar-refractivity contribution in [2.45, 2.75) is 0 Å². The van der Waals surface area contributed by atoms with Gasteiger partial charge in [-0.25, -0.2) is 0 Å². The average molecular weight is 194 g/mol. The van der Waals surface area contributed by atoms with Gasteiger partial charge >= 0.3 is 110 Å². The van der Waals surface area contributed by atoms with Crippen molar-refractivity contribution in [3.8, 4) is 0 Å². The van der Waals surface area contributed by atoms with Gasteiger partial charge in [0.25, 0.3) is 0 Å². The van der Waals surface area contributed by atoms with E-state index in [4.69, 9.17) is 9.79 Å². The van der Waals surface area contributed by atoms with Crippen LogP contribution in [0, 0.1) is 0 Å². The summed E-state index contributed by atoms with van der Waals surface area (Å²) in [4.78, 5) is 15.2. The molecule has 0 aromatic heterocycles. The molecule has 7 heavy (non-hydrogen) atoms. The van der Waals surface area contributed by atoms with E-state index in [0.717, 1.165) is 0 Å². The van der Waals surface area contributed by atoms with Gasteiger partial charge in [-0.05, 0) is 8.93 Å². The molecule has 36 valence electrons. The second-order valence-electron chi connectivity index (χ2n) is 0.589. The van der Waals surface area contributed by atoms with Gasteiger partial charge in [-0.15, -0.1) is 0 Å². The molecule has 3 nitrogen and oxygen atoms in total. The van der Waals surface area contributed by atoms with Gasteiger partial charge in [-0.2, -0.15) is 0 Å². The van der Waals surface area contributed by atoms with Crippen LogP contribution in [0.1, 0.15) is 0 Å². The summed E-state index contributed by atoms with van der Waals surface area (Å²) in [6.07, 6.45) is 0. The normalized spacial score (nSPS) is 8.43. The minimum absolute atomic E-state index is 0. The number of rotatable bonds is 0. The van der Waals surface area contributed by atoms with Crippen molar-refractivity contribution in [3.05, 3.63) is 0 Å². The zero-order chi connectivity index (χ0) is 4.50. The van der Waals surface area contributed by atoms with Crippen LogP contribution >= 0.6 is 16.2 Å². The first-order chi connectivity index (χ1) is 2.00. The molecule has 2 N–H and O–H groups in total. The van der Waals surface area contributed by atoms with E-state index in [-0.39, 0.29) is 103 Å². The number of hydrogen-bond donors (Lipinski definition) is 2. The zero-order valence-corrected chi connectivity index (χ0v) is 4.38. The van der Waals surface area contributed by atoms with E-state index in [2.05, 4.69) is 0 Å². The van der Waals surface area contributed by atoms with Crippen LogP contribution in [0.4, 0.5) is 0 Å². The second kappa shape index (κ2) is 7.95. The van der Waals surface area contributed by atoms with E-state index in [1.165, 1.54) is 8.93 Å². The zero-order valence-electron chi connectivity index (χ0n) is 2.33. The fourth-order valence-corrected chi connectivity index (χ4v) is 0. The van der Waals surface area contributed by atoms with Gasteiger partial charge in [0.1, 0.15) is 0 Å². The Morgan fingerprint density at radius 3 is 1.29 bits per heavy atom. The van der Waals surface area contributed by atoms with Gasteiger partial charge in [-0.1, -0.05) is 0 Å². The fourth-order valence-electron chi connectivity index (χ4n) is 0. The molecule has 7 heteroatoms. The first-order valence-corrected chi connectivity index (χ1v) is 4.07. The van der Waals surface area contributed by atoms with Crippen LogP contribution in [-0.2, 0) is 4.57 Å². The van der Waals surface area contributed by atoms with Crippen LogP contribution in [0.25, 0.3) is 0 Å². The molecule has 0 fully saturated rings. The van der Waals surface area contributed by atoms with E-state index in [0.29, 0.717) is 0 Å². The summed E-state index contributed by atoms with van der Waals surface area (Å²) in [6, 6.07) is 0. The SMILES string of the molecule is O=P(O)(O)P.[KH].[KH]. The quantitative estimate of drug-likeness (QED) is 0.370. The molecule has 0 amide bonds. The first-order valence-electron chi connectivity index (χ1n) is 0.841. The Balaban J connectivity index is -0.0000000800. The van der Waals surface area contributed by atoms with Gasteiger partial charge in [0.2, 0.25) is 0 Å². The Morgan fingerprint density at radius 1 is 1.29 bits per heavy atom. The molecule has 0 radical (unpaired) electrons. The van der Waals surface area contributed by atoms with Crippen LogP contribution < -0.4 is 0 Å². The summed E-state index contributed by atoms with van der Waals surface area (Å²) in [5.74, 6) is 0. The summed E-state index contributed by atoms with van der Waals surface area (Å²) >= 11 is 0. The second-order valence-corrected chi connectivity index (χ2v) is 3.79. The predicted molar refractivity (Wildman–Crippen MR) is 36.1 cm³/mol. The van der Waals surface area contributed by atoms with Gasteiger partial charge in [0.05, 0.1) is 0 Å². The molecule has 0 aromatic rings. The van der Waals surface area contributed by atoms with E-state index < -0.39 is 7.28 Å². The minimum atomic E-state index is -3.72. The van der Waals surface area contributed by atoms with Crippen molar-refractivity contribution < 1.29 is 14.4 Å². The monoisotopic (exact) mass is 194 g/mol. The topological polar surface area (TPSA) is 57.5 Å². The molecule has 1 unspecified atom stereocenters. The Morgan fingerprint density at radius 2 is 1.29 bits per heavy atom. The van der Waals surface area contributed by atoms with E-state index in [9.17, 15) is 4.57 Å². The maximum atomic E-state index is 9.29. The third-order valence-electron chi connectivity index (χ3n) is 0. The molecule has 1 atom stereocenters. The molecule has 0 spiro atoms. The van der Waals surface area contributed by atoms with E-state index in [1.54, 1.807) is 0 Å².